The van der Waals surface area contributed by atoms with Crippen LogP contribution in [-0.4, -0.2) is 60.2 Å². The number of nitrogens with one attached hydrogen (secondary N) is 1. The molecule has 1 saturated heterocycles. The van der Waals surface area contributed by atoms with Crippen molar-refractivity contribution in [1.29, 1.82) is 0 Å². The fraction of sp³-hybridized carbons (Fsp3) is 0.400. The number of sulfonamides is 1. The Labute approximate surface area is 205 Å². The molecule has 9 nitrogen and oxygen atoms in total. The van der Waals surface area contributed by atoms with Crippen LogP contribution >= 0.6 is 0 Å². The lowest BCUT2D eigenvalue weighted by Gasteiger charge is -2.31. The van der Waals surface area contributed by atoms with Crippen molar-refractivity contribution in [3.05, 3.63) is 48.0 Å². The summed E-state index contributed by atoms with van der Waals surface area (Å²) in [5.41, 5.74) is 2.59. The average Bonchev–Trinajstić information content (AvgIpc) is 3.19. The van der Waals surface area contributed by atoms with Gasteiger partial charge < -0.3 is 14.2 Å². The number of hydrogen-bond donors (Lipinski definition) is 1. The van der Waals surface area contributed by atoms with Crippen LogP contribution in [-0.2, 0) is 26.6 Å². The van der Waals surface area contributed by atoms with Gasteiger partial charge in [-0.05, 0) is 38.8 Å². The normalized spacial score (nSPS) is 16.3. The minimum absolute atomic E-state index is 0.0981. The predicted octanol–water partition coefficient (Wildman–Crippen LogP) is 3.42. The number of piperidine rings is 1. The second-order valence-corrected chi connectivity index (χ2v) is 10.6. The third kappa shape index (κ3) is 5.17. The zero-order valence-electron chi connectivity index (χ0n) is 20.2. The van der Waals surface area contributed by atoms with E-state index >= 15 is 0 Å². The molecule has 1 N–H and O–H groups in total. The first-order valence-electron chi connectivity index (χ1n) is 11.8. The van der Waals surface area contributed by atoms with Gasteiger partial charge in [0.1, 0.15) is 5.82 Å². The van der Waals surface area contributed by atoms with Gasteiger partial charge in [0.2, 0.25) is 10.0 Å². The summed E-state index contributed by atoms with van der Waals surface area (Å²) in [6.45, 7) is 4.36. The van der Waals surface area contributed by atoms with Crippen molar-refractivity contribution in [3.63, 3.8) is 0 Å². The number of amides is 1. The molecule has 2 aromatic carbocycles. The predicted molar refractivity (Wildman–Crippen MR) is 134 cm³/mol. The number of likely N-dealkylation sites (tertiary alicyclic amines) is 1. The Hall–Kier alpha value is -3.40. The van der Waals surface area contributed by atoms with E-state index < -0.39 is 10.0 Å². The van der Waals surface area contributed by atoms with Gasteiger partial charge in [-0.3, -0.25) is 14.3 Å². The van der Waals surface area contributed by atoms with E-state index in [0.717, 1.165) is 5.56 Å². The number of hydrogen-bond acceptors (Lipinski definition) is 6. The van der Waals surface area contributed by atoms with Crippen molar-refractivity contribution in [3.8, 4) is 11.4 Å². The van der Waals surface area contributed by atoms with Crippen LogP contribution in [0, 0.1) is 5.92 Å². The topological polar surface area (TPSA) is 111 Å². The maximum atomic E-state index is 13.8. The third-order valence-corrected chi connectivity index (χ3v) is 7.52. The Balaban J connectivity index is 1.80. The van der Waals surface area contributed by atoms with E-state index in [2.05, 4.69) is 4.72 Å². The van der Waals surface area contributed by atoms with E-state index in [4.69, 9.17) is 9.72 Å². The molecule has 1 unspecified atom stereocenters. The van der Waals surface area contributed by atoms with Gasteiger partial charge in [0, 0.05) is 25.7 Å². The van der Waals surface area contributed by atoms with Gasteiger partial charge >= 0.3 is 5.97 Å². The second-order valence-electron chi connectivity index (χ2n) is 8.60. The summed E-state index contributed by atoms with van der Waals surface area (Å²) in [5, 5.41) is 0. The number of rotatable bonds is 7. The van der Waals surface area contributed by atoms with Gasteiger partial charge in [0.05, 0.1) is 40.6 Å². The van der Waals surface area contributed by atoms with Crippen molar-refractivity contribution >= 4 is 38.6 Å². The number of anilines is 1. The van der Waals surface area contributed by atoms with Crippen LogP contribution in [0.3, 0.4) is 0 Å². The summed E-state index contributed by atoms with van der Waals surface area (Å²) in [4.78, 5) is 32.5. The van der Waals surface area contributed by atoms with Crippen molar-refractivity contribution in [2.24, 2.45) is 13.0 Å². The molecule has 1 atom stereocenters. The van der Waals surface area contributed by atoms with Crippen molar-refractivity contribution in [2.45, 2.75) is 26.7 Å². The number of fused-ring (bicyclic) bond motifs is 1. The molecule has 0 bridgehead atoms. The molecule has 1 aliphatic rings. The molecule has 35 heavy (non-hydrogen) atoms. The van der Waals surface area contributed by atoms with Crippen LogP contribution < -0.4 is 4.72 Å². The Morgan fingerprint density at radius 2 is 1.91 bits per heavy atom. The number of carbonyl (C=O) groups is 2. The molecule has 0 radical (unpaired) electrons. The van der Waals surface area contributed by atoms with Gasteiger partial charge in [0.15, 0.2) is 0 Å². The van der Waals surface area contributed by atoms with Crippen LogP contribution in [0.4, 0.5) is 5.69 Å². The smallest absolute Gasteiger partial charge is 0.310 e. The van der Waals surface area contributed by atoms with E-state index in [0.29, 0.717) is 48.4 Å². The largest absolute Gasteiger partial charge is 0.466 e. The molecule has 186 valence electrons. The highest BCUT2D eigenvalue weighted by molar-refractivity contribution is 7.92. The molecular weight excluding hydrogens is 468 g/mol. The lowest BCUT2D eigenvalue weighted by molar-refractivity contribution is -0.149. The van der Waals surface area contributed by atoms with Crippen LogP contribution in [0.25, 0.3) is 22.4 Å². The Morgan fingerprint density at radius 1 is 1.17 bits per heavy atom. The summed E-state index contributed by atoms with van der Waals surface area (Å²) in [6, 6.07) is 12.8. The van der Waals surface area contributed by atoms with Gasteiger partial charge in [-0.1, -0.05) is 30.3 Å². The van der Waals surface area contributed by atoms with Gasteiger partial charge in [-0.25, -0.2) is 13.4 Å². The van der Waals surface area contributed by atoms with E-state index in [1.165, 1.54) is 0 Å². The second kappa shape index (κ2) is 10.1. The average molecular weight is 499 g/mol. The third-order valence-electron chi connectivity index (χ3n) is 6.21. The Bertz CT molecular complexity index is 1350. The monoisotopic (exact) mass is 498 g/mol. The first kappa shape index (κ1) is 24.7. The van der Waals surface area contributed by atoms with Crippen LogP contribution in [0.15, 0.2) is 42.5 Å². The Morgan fingerprint density at radius 3 is 2.60 bits per heavy atom. The lowest BCUT2D eigenvalue weighted by Crippen LogP contribution is -2.43. The first-order chi connectivity index (χ1) is 16.7. The molecule has 1 aliphatic heterocycles. The number of imidazole rings is 1. The molecule has 1 amide bonds. The molecule has 1 aromatic heterocycles. The summed E-state index contributed by atoms with van der Waals surface area (Å²) in [6.07, 6.45) is 1.35. The lowest BCUT2D eigenvalue weighted by atomic mass is 9.97. The van der Waals surface area contributed by atoms with E-state index in [-0.39, 0.29) is 35.8 Å². The number of aromatic nitrogens is 2. The summed E-state index contributed by atoms with van der Waals surface area (Å²) in [5.74, 6) is -0.390. The zero-order valence-corrected chi connectivity index (χ0v) is 21.0. The molecule has 10 heteroatoms. The maximum Gasteiger partial charge on any atom is 0.310 e. The number of esters is 1. The number of aryl methyl sites for hydroxylation is 1. The summed E-state index contributed by atoms with van der Waals surface area (Å²) < 4.78 is 34.1. The molecule has 0 aliphatic carbocycles. The van der Waals surface area contributed by atoms with Crippen LogP contribution in [0.1, 0.15) is 37.0 Å². The van der Waals surface area contributed by atoms with Crippen molar-refractivity contribution in [2.75, 3.05) is 30.2 Å². The molecule has 0 spiro atoms. The van der Waals surface area contributed by atoms with Crippen LogP contribution in [0.5, 0.6) is 0 Å². The molecule has 3 aromatic rings. The SMILES string of the molecule is CCOC(=O)C1CCCN(C(=O)c2cc(NS(=O)(=O)CC)cc3nc(-c4ccccc4)n(C)c23)C1. The quantitative estimate of drug-likeness (QED) is 0.500. The fourth-order valence-corrected chi connectivity index (χ4v) is 5.08. The number of ether oxygens (including phenoxy) is 1. The standard InChI is InChI=1S/C25H30N4O5S/c1-4-34-25(31)18-12-9-13-29(16-18)24(30)20-14-19(27-35(32,33)5-2)15-21-22(20)28(3)23(26-21)17-10-7-6-8-11-17/h6-8,10-11,14-15,18,27H,4-5,9,12-13,16H2,1-3H3. The highest BCUT2D eigenvalue weighted by Crippen LogP contribution is 2.31. The minimum atomic E-state index is -3.56. The van der Waals surface area contributed by atoms with Gasteiger partial charge in [0.25, 0.3) is 5.91 Å². The highest BCUT2D eigenvalue weighted by Gasteiger charge is 2.31. The molecule has 0 saturated carbocycles. The minimum Gasteiger partial charge on any atom is -0.466 e. The maximum absolute atomic E-state index is 13.8. The fourth-order valence-electron chi connectivity index (χ4n) is 4.46. The number of benzene rings is 2. The highest BCUT2D eigenvalue weighted by atomic mass is 32.2. The van der Waals surface area contributed by atoms with Gasteiger partial charge in [-0.15, -0.1) is 0 Å². The molecule has 2 heterocycles. The molecule has 4 rings (SSSR count). The summed E-state index contributed by atoms with van der Waals surface area (Å²) in [7, 11) is -1.73. The number of carbonyl (C=O) groups excluding carboxylic acids is 2. The van der Waals surface area contributed by atoms with Crippen LogP contribution in [0.2, 0.25) is 0 Å². The Kier molecular flexibility index (Phi) is 7.11. The van der Waals surface area contributed by atoms with Crippen molar-refractivity contribution in [1.82, 2.24) is 14.5 Å². The van der Waals surface area contributed by atoms with E-state index in [1.54, 1.807) is 30.9 Å². The molecule has 1 fully saturated rings. The first-order valence-corrected chi connectivity index (χ1v) is 13.4. The van der Waals surface area contributed by atoms with E-state index in [1.807, 2.05) is 41.9 Å². The van der Waals surface area contributed by atoms with Gasteiger partial charge in [-0.2, -0.15) is 0 Å². The zero-order chi connectivity index (χ0) is 25.2. The summed E-state index contributed by atoms with van der Waals surface area (Å²) >= 11 is 0. The van der Waals surface area contributed by atoms with Crippen molar-refractivity contribution < 1.29 is 22.7 Å². The molecular formula is C25H30N4O5S. The number of nitrogens with zero attached hydrogens (tertiary/aromatic N) is 3. The van der Waals surface area contributed by atoms with E-state index in [9.17, 15) is 18.0 Å².